The second kappa shape index (κ2) is 7.46. The van der Waals surface area contributed by atoms with E-state index in [4.69, 9.17) is 0 Å². The molecule has 0 bridgehead atoms. The van der Waals surface area contributed by atoms with Gasteiger partial charge in [-0.3, -0.25) is 9.59 Å². The number of ketones is 1. The van der Waals surface area contributed by atoms with Crippen LogP contribution in [0.15, 0.2) is 51.3 Å². The van der Waals surface area contributed by atoms with Gasteiger partial charge in [-0.05, 0) is 30.3 Å². The number of halogens is 1. The van der Waals surface area contributed by atoms with Gasteiger partial charge in [0.2, 0.25) is 5.91 Å². The summed E-state index contributed by atoms with van der Waals surface area (Å²) < 4.78 is 2.72. The summed E-state index contributed by atoms with van der Waals surface area (Å²) in [7, 11) is 0. The van der Waals surface area contributed by atoms with Crippen molar-refractivity contribution in [1.29, 1.82) is 0 Å². The van der Waals surface area contributed by atoms with Gasteiger partial charge in [0, 0.05) is 22.6 Å². The number of thiazole rings is 1. The van der Waals surface area contributed by atoms with Crippen molar-refractivity contribution in [3.8, 4) is 0 Å². The quantitative estimate of drug-likeness (QED) is 0.466. The summed E-state index contributed by atoms with van der Waals surface area (Å²) in [6.07, 6.45) is 0. The van der Waals surface area contributed by atoms with Crippen LogP contribution in [-0.4, -0.2) is 22.4 Å². The third-order valence-corrected chi connectivity index (χ3v) is 5.82. The number of nitrogens with one attached hydrogen (secondary N) is 1. The third-order valence-electron chi connectivity index (χ3n) is 3.16. The van der Waals surface area contributed by atoms with Crippen molar-refractivity contribution >= 4 is 66.6 Å². The summed E-state index contributed by atoms with van der Waals surface area (Å²) in [5.74, 6) is 0.307. The molecule has 1 aromatic heterocycles. The Morgan fingerprint density at radius 1 is 1.25 bits per heavy atom. The highest BCUT2D eigenvalue weighted by molar-refractivity contribution is 9.10. The predicted molar refractivity (Wildman–Crippen MR) is 103 cm³/mol. The van der Waals surface area contributed by atoms with Crippen molar-refractivity contribution in [3.05, 3.63) is 52.5 Å². The minimum Gasteiger partial charge on any atom is -0.326 e. The molecule has 24 heavy (non-hydrogen) atoms. The van der Waals surface area contributed by atoms with Crippen LogP contribution >= 0.6 is 39.0 Å². The zero-order chi connectivity index (χ0) is 17.1. The van der Waals surface area contributed by atoms with Gasteiger partial charge in [-0.2, -0.15) is 0 Å². The van der Waals surface area contributed by atoms with Crippen molar-refractivity contribution in [2.45, 2.75) is 11.3 Å². The molecule has 0 aliphatic rings. The number of nitrogens with zero attached hydrogens (tertiary/aromatic N) is 1. The predicted octanol–water partition coefficient (Wildman–Crippen LogP) is 4.99. The van der Waals surface area contributed by atoms with Crippen LogP contribution in [0.1, 0.15) is 17.3 Å². The highest BCUT2D eigenvalue weighted by atomic mass is 79.9. The largest absolute Gasteiger partial charge is 0.326 e. The summed E-state index contributed by atoms with van der Waals surface area (Å²) in [5.41, 5.74) is 2.30. The number of thioether (sulfide) groups is 1. The SMILES string of the molecule is CC(=O)Nc1ccc2nc(SCC(=O)c3cccc(Br)c3)sc2c1. The maximum absolute atomic E-state index is 12.2. The maximum atomic E-state index is 12.2. The van der Waals surface area contributed by atoms with Crippen LogP contribution in [0.3, 0.4) is 0 Å². The Balaban J connectivity index is 1.71. The van der Waals surface area contributed by atoms with Crippen LogP contribution in [0.4, 0.5) is 5.69 Å². The van der Waals surface area contributed by atoms with Crippen molar-refractivity contribution in [2.75, 3.05) is 11.1 Å². The molecule has 3 aromatic rings. The Kier molecular flexibility index (Phi) is 5.33. The van der Waals surface area contributed by atoms with Gasteiger partial charge >= 0.3 is 0 Å². The molecule has 7 heteroatoms. The number of aromatic nitrogens is 1. The first-order valence-electron chi connectivity index (χ1n) is 7.11. The molecule has 0 atom stereocenters. The van der Waals surface area contributed by atoms with Crippen LogP contribution in [-0.2, 0) is 4.79 Å². The van der Waals surface area contributed by atoms with Crippen molar-refractivity contribution in [3.63, 3.8) is 0 Å². The van der Waals surface area contributed by atoms with Gasteiger partial charge in [-0.15, -0.1) is 11.3 Å². The van der Waals surface area contributed by atoms with Crippen molar-refractivity contribution in [2.24, 2.45) is 0 Å². The lowest BCUT2D eigenvalue weighted by Gasteiger charge is -2.00. The number of fused-ring (bicyclic) bond motifs is 1. The lowest BCUT2D eigenvalue weighted by molar-refractivity contribution is -0.114. The molecule has 122 valence electrons. The topological polar surface area (TPSA) is 59.1 Å². The van der Waals surface area contributed by atoms with Crippen LogP contribution in [0.5, 0.6) is 0 Å². The fraction of sp³-hybridized carbons (Fsp3) is 0.118. The van der Waals surface area contributed by atoms with Gasteiger partial charge in [0.15, 0.2) is 10.1 Å². The number of carbonyl (C=O) groups is 2. The Hall–Kier alpha value is -1.70. The monoisotopic (exact) mass is 420 g/mol. The second-order valence-corrected chi connectivity index (χ2v) is 8.23. The van der Waals surface area contributed by atoms with E-state index in [0.717, 1.165) is 24.7 Å². The van der Waals surface area contributed by atoms with E-state index in [-0.39, 0.29) is 11.7 Å². The number of amides is 1. The first kappa shape index (κ1) is 17.1. The summed E-state index contributed by atoms with van der Waals surface area (Å²) in [6, 6.07) is 13.0. The Bertz CT molecular complexity index is 924. The van der Waals surface area contributed by atoms with E-state index < -0.39 is 0 Å². The van der Waals surface area contributed by atoms with Gasteiger partial charge in [0.25, 0.3) is 0 Å². The van der Waals surface area contributed by atoms with Gasteiger partial charge in [-0.25, -0.2) is 4.98 Å². The molecule has 0 unspecified atom stereocenters. The molecule has 1 heterocycles. The van der Waals surface area contributed by atoms with Crippen molar-refractivity contribution < 1.29 is 9.59 Å². The summed E-state index contributed by atoms with van der Waals surface area (Å²) in [6.45, 7) is 1.48. The molecular formula is C17H13BrN2O2S2. The van der Waals surface area contributed by atoms with Crippen molar-refractivity contribution in [1.82, 2.24) is 4.98 Å². The fourth-order valence-electron chi connectivity index (χ4n) is 2.12. The van der Waals surface area contributed by atoms with Crippen LogP contribution in [0.2, 0.25) is 0 Å². The van der Waals surface area contributed by atoms with Crippen LogP contribution in [0.25, 0.3) is 10.2 Å². The Labute approximate surface area is 155 Å². The lowest BCUT2D eigenvalue weighted by Crippen LogP contribution is -2.05. The van der Waals surface area contributed by atoms with E-state index in [1.807, 2.05) is 42.5 Å². The molecule has 2 aromatic carbocycles. The Morgan fingerprint density at radius 3 is 2.83 bits per heavy atom. The standard InChI is InChI=1S/C17H13BrN2O2S2/c1-10(21)19-13-5-6-14-16(8-13)24-17(20-14)23-9-15(22)11-3-2-4-12(18)7-11/h2-8H,9H2,1H3,(H,19,21). The van der Waals surface area contributed by atoms with E-state index in [0.29, 0.717) is 11.3 Å². The molecule has 1 amide bonds. The fourth-order valence-corrected chi connectivity index (χ4v) is 4.52. The average Bonchev–Trinajstić information content (AvgIpc) is 2.94. The van der Waals surface area contributed by atoms with E-state index in [2.05, 4.69) is 26.2 Å². The minimum atomic E-state index is -0.104. The van der Waals surface area contributed by atoms with E-state index in [9.17, 15) is 9.59 Å². The van der Waals surface area contributed by atoms with E-state index in [1.54, 1.807) is 0 Å². The van der Waals surface area contributed by atoms with Gasteiger partial charge in [-0.1, -0.05) is 39.8 Å². The average molecular weight is 421 g/mol. The van der Waals surface area contributed by atoms with Gasteiger partial charge in [0.1, 0.15) is 0 Å². The van der Waals surface area contributed by atoms with Gasteiger partial charge < -0.3 is 5.32 Å². The molecular weight excluding hydrogens is 408 g/mol. The number of Topliss-reactive ketones (excluding diaryl/α,β-unsaturated/α-hetero) is 1. The first-order valence-corrected chi connectivity index (χ1v) is 9.70. The molecule has 0 aliphatic carbocycles. The molecule has 0 radical (unpaired) electrons. The maximum Gasteiger partial charge on any atom is 0.221 e. The number of rotatable bonds is 5. The smallest absolute Gasteiger partial charge is 0.221 e. The molecule has 3 rings (SSSR count). The van der Waals surface area contributed by atoms with E-state index >= 15 is 0 Å². The zero-order valence-corrected chi connectivity index (χ0v) is 15.9. The highest BCUT2D eigenvalue weighted by Gasteiger charge is 2.10. The van der Waals surface area contributed by atoms with Crippen LogP contribution < -0.4 is 5.32 Å². The van der Waals surface area contributed by atoms with Crippen LogP contribution in [0, 0.1) is 0 Å². The molecule has 0 spiro atoms. The lowest BCUT2D eigenvalue weighted by atomic mass is 10.2. The number of hydrogen-bond donors (Lipinski definition) is 1. The second-order valence-electron chi connectivity index (χ2n) is 5.07. The molecule has 0 saturated heterocycles. The molecule has 0 saturated carbocycles. The molecule has 4 nitrogen and oxygen atoms in total. The molecule has 0 fully saturated rings. The molecule has 1 N–H and O–H groups in total. The van der Waals surface area contributed by atoms with Gasteiger partial charge in [0.05, 0.1) is 16.0 Å². The zero-order valence-electron chi connectivity index (χ0n) is 12.7. The minimum absolute atomic E-state index is 0.0690. The summed E-state index contributed by atoms with van der Waals surface area (Å²) in [4.78, 5) is 27.9. The number of hydrogen-bond acceptors (Lipinski definition) is 5. The summed E-state index contributed by atoms with van der Waals surface area (Å²) in [5, 5.41) is 2.76. The number of anilines is 1. The third kappa shape index (κ3) is 4.23. The number of benzene rings is 2. The Morgan fingerprint density at radius 2 is 2.08 bits per heavy atom. The highest BCUT2D eigenvalue weighted by Crippen LogP contribution is 2.31. The normalized spacial score (nSPS) is 10.8. The summed E-state index contributed by atoms with van der Waals surface area (Å²) >= 11 is 6.32. The first-order chi connectivity index (χ1) is 11.5. The number of carbonyl (C=O) groups excluding carboxylic acids is 2. The van der Waals surface area contributed by atoms with E-state index in [1.165, 1.54) is 30.0 Å². The molecule has 0 aliphatic heterocycles.